The highest BCUT2D eigenvalue weighted by Gasteiger charge is 2.47. The van der Waals surface area contributed by atoms with E-state index in [0.29, 0.717) is 5.88 Å². The summed E-state index contributed by atoms with van der Waals surface area (Å²) < 4.78 is 5.26. The van der Waals surface area contributed by atoms with Crippen molar-refractivity contribution in [1.82, 2.24) is 15.0 Å². The van der Waals surface area contributed by atoms with Gasteiger partial charge in [0.1, 0.15) is 0 Å². The number of pyridine rings is 1. The van der Waals surface area contributed by atoms with Gasteiger partial charge < -0.3 is 9.64 Å². The molecule has 21 heavy (non-hydrogen) atoms. The SMILES string of the molecule is COc1cc(C)nc(N2CC(C)(C)[C@H]2c2ccncc2)n1. The Kier molecular flexibility index (Phi) is 3.27. The molecule has 0 saturated carbocycles. The normalized spacial score (nSPS) is 20.0. The molecule has 5 nitrogen and oxygen atoms in total. The molecule has 1 fully saturated rings. The van der Waals surface area contributed by atoms with E-state index in [1.54, 1.807) is 7.11 Å². The first-order chi connectivity index (χ1) is 10.0. The summed E-state index contributed by atoms with van der Waals surface area (Å²) in [6.45, 7) is 7.41. The molecular formula is C16H20N4O. The van der Waals surface area contributed by atoms with Gasteiger partial charge in [-0.25, -0.2) is 4.98 Å². The predicted molar refractivity (Wildman–Crippen MR) is 81.4 cm³/mol. The topological polar surface area (TPSA) is 51.1 Å². The fourth-order valence-corrected chi connectivity index (χ4v) is 3.05. The van der Waals surface area contributed by atoms with E-state index >= 15 is 0 Å². The van der Waals surface area contributed by atoms with Crippen molar-refractivity contribution in [2.24, 2.45) is 5.41 Å². The fraction of sp³-hybridized carbons (Fsp3) is 0.438. The monoisotopic (exact) mass is 284 g/mol. The lowest BCUT2D eigenvalue weighted by atomic mass is 9.72. The van der Waals surface area contributed by atoms with Gasteiger partial charge >= 0.3 is 0 Å². The summed E-state index contributed by atoms with van der Waals surface area (Å²) in [7, 11) is 1.63. The highest BCUT2D eigenvalue weighted by molar-refractivity contribution is 5.45. The molecule has 1 aliphatic rings. The lowest BCUT2D eigenvalue weighted by Crippen LogP contribution is -2.56. The quantitative estimate of drug-likeness (QED) is 0.867. The molecule has 2 aromatic heterocycles. The van der Waals surface area contributed by atoms with Crippen LogP contribution in [0.25, 0.3) is 0 Å². The Morgan fingerprint density at radius 2 is 1.95 bits per heavy atom. The number of hydrogen-bond donors (Lipinski definition) is 0. The van der Waals surface area contributed by atoms with Crippen molar-refractivity contribution in [3.63, 3.8) is 0 Å². The standard InChI is InChI=1S/C16H20N4O/c1-11-9-13(21-4)19-15(18-11)20-10-16(2,3)14(20)12-5-7-17-8-6-12/h5-9,14H,10H2,1-4H3/t14-/m1/s1. The van der Waals surface area contributed by atoms with E-state index in [2.05, 4.69) is 45.8 Å². The Morgan fingerprint density at radius 1 is 1.24 bits per heavy atom. The number of nitrogens with zero attached hydrogens (tertiary/aromatic N) is 4. The number of anilines is 1. The summed E-state index contributed by atoms with van der Waals surface area (Å²) in [6, 6.07) is 6.22. The highest BCUT2D eigenvalue weighted by atomic mass is 16.5. The lowest BCUT2D eigenvalue weighted by Gasteiger charge is -2.54. The number of methoxy groups -OCH3 is 1. The maximum absolute atomic E-state index is 5.26. The van der Waals surface area contributed by atoms with Gasteiger partial charge in [-0.1, -0.05) is 13.8 Å². The number of ether oxygens (including phenoxy) is 1. The van der Waals surface area contributed by atoms with Crippen molar-refractivity contribution in [2.45, 2.75) is 26.8 Å². The third-order valence-corrected chi connectivity index (χ3v) is 3.94. The van der Waals surface area contributed by atoms with Crippen LogP contribution in [0.3, 0.4) is 0 Å². The van der Waals surface area contributed by atoms with Crippen LogP contribution in [0, 0.1) is 12.3 Å². The Hall–Kier alpha value is -2.17. The molecule has 0 amide bonds. The second-order valence-corrected chi connectivity index (χ2v) is 6.15. The molecule has 0 aliphatic carbocycles. The number of hydrogen-bond acceptors (Lipinski definition) is 5. The van der Waals surface area contributed by atoms with Crippen molar-refractivity contribution in [2.75, 3.05) is 18.6 Å². The molecule has 0 aromatic carbocycles. The molecule has 110 valence electrons. The minimum atomic E-state index is 0.182. The van der Waals surface area contributed by atoms with E-state index in [4.69, 9.17) is 4.74 Å². The minimum absolute atomic E-state index is 0.182. The molecule has 0 bridgehead atoms. The van der Waals surface area contributed by atoms with Crippen LogP contribution in [0.4, 0.5) is 5.95 Å². The highest BCUT2D eigenvalue weighted by Crippen LogP contribution is 2.49. The Morgan fingerprint density at radius 3 is 2.57 bits per heavy atom. The lowest BCUT2D eigenvalue weighted by molar-refractivity contribution is 0.176. The number of aromatic nitrogens is 3. The van der Waals surface area contributed by atoms with Gasteiger partial charge in [-0.05, 0) is 24.6 Å². The van der Waals surface area contributed by atoms with Crippen LogP contribution in [-0.2, 0) is 0 Å². The second-order valence-electron chi connectivity index (χ2n) is 6.15. The Balaban J connectivity index is 1.98. The molecule has 3 heterocycles. The average molecular weight is 284 g/mol. The summed E-state index contributed by atoms with van der Waals surface area (Å²) >= 11 is 0. The van der Waals surface area contributed by atoms with Crippen LogP contribution in [-0.4, -0.2) is 28.6 Å². The van der Waals surface area contributed by atoms with Gasteiger partial charge in [0.2, 0.25) is 11.8 Å². The van der Waals surface area contributed by atoms with E-state index < -0.39 is 0 Å². The van der Waals surface area contributed by atoms with Crippen LogP contribution in [0.2, 0.25) is 0 Å². The molecule has 0 N–H and O–H groups in total. The van der Waals surface area contributed by atoms with Gasteiger partial charge in [0.05, 0.1) is 13.2 Å². The van der Waals surface area contributed by atoms with Crippen molar-refractivity contribution < 1.29 is 4.74 Å². The molecule has 1 saturated heterocycles. The first kappa shape index (κ1) is 13.8. The Labute approximate surface area is 125 Å². The number of rotatable bonds is 3. The van der Waals surface area contributed by atoms with Gasteiger partial charge in [0, 0.05) is 36.1 Å². The third kappa shape index (κ3) is 2.44. The average Bonchev–Trinajstić information content (AvgIpc) is 2.45. The third-order valence-electron chi connectivity index (χ3n) is 3.94. The van der Waals surface area contributed by atoms with Gasteiger partial charge in [0.15, 0.2) is 0 Å². The smallest absolute Gasteiger partial charge is 0.229 e. The summed E-state index contributed by atoms with van der Waals surface area (Å²) in [6.07, 6.45) is 3.67. The minimum Gasteiger partial charge on any atom is -0.481 e. The first-order valence-corrected chi connectivity index (χ1v) is 7.07. The molecule has 0 spiro atoms. The zero-order valence-corrected chi connectivity index (χ0v) is 12.9. The van der Waals surface area contributed by atoms with Crippen LogP contribution in [0.15, 0.2) is 30.6 Å². The van der Waals surface area contributed by atoms with E-state index in [-0.39, 0.29) is 11.5 Å². The summed E-state index contributed by atoms with van der Waals surface area (Å²) in [4.78, 5) is 15.4. The maximum Gasteiger partial charge on any atom is 0.229 e. The summed E-state index contributed by atoms with van der Waals surface area (Å²) in [5.74, 6) is 1.34. The van der Waals surface area contributed by atoms with E-state index in [1.807, 2.05) is 25.4 Å². The molecule has 1 atom stereocenters. The molecule has 0 unspecified atom stereocenters. The van der Waals surface area contributed by atoms with E-state index in [0.717, 1.165) is 18.2 Å². The maximum atomic E-state index is 5.26. The van der Waals surface area contributed by atoms with Crippen molar-refractivity contribution in [3.8, 4) is 5.88 Å². The predicted octanol–water partition coefficient (Wildman–Crippen LogP) is 2.78. The molecule has 1 aliphatic heterocycles. The van der Waals surface area contributed by atoms with Crippen LogP contribution in [0.1, 0.15) is 31.1 Å². The Bertz CT molecular complexity index is 642. The summed E-state index contributed by atoms with van der Waals surface area (Å²) in [5, 5.41) is 0. The zero-order chi connectivity index (χ0) is 15.0. The van der Waals surface area contributed by atoms with E-state index in [1.165, 1.54) is 5.56 Å². The first-order valence-electron chi connectivity index (χ1n) is 7.07. The second kappa shape index (κ2) is 4.98. The van der Waals surface area contributed by atoms with Crippen molar-refractivity contribution in [3.05, 3.63) is 41.9 Å². The molecule has 0 radical (unpaired) electrons. The van der Waals surface area contributed by atoms with Gasteiger partial charge in [-0.15, -0.1) is 0 Å². The molecule has 3 rings (SSSR count). The summed E-state index contributed by atoms with van der Waals surface area (Å²) in [5.41, 5.74) is 2.34. The van der Waals surface area contributed by atoms with E-state index in [9.17, 15) is 0 Å². The van der Waals surface area contributed by atoms with Crippen LogP contribution in [0.5, 0.6) is 5.88 Å². The van der Waals surface area contributed by atoms with Gasteiger partial charge in [0.25, 0.3) is 0 Å². The number of aryl methyl sites for hydroxylation is 1. The van der Waals surface area contributed by atoms with Crippen molar-refractivity contribution in [1.29, 1.82) is 0 Å². The largest absolute Gasteiger partial charge is 0.481 e. The fourth-order valence-electron chi connectivity index (χ4n) is 3.05. The van der Waals surface area contributed by atoms with Crippen LogP contribution >= 0.6 is 0 Å². The molecular weight excluding hydrogens is 264 g/mol. The molecule has 2 aromatic rings. The molecule has 5 heteroatoms. The van der Waals surface area contributed by atoms with Gasteiger partial charge in [-0.2, -0.15) is 4.98 Å². The zero-order valence-electron chi connectivity index (χ0n) is 12.9. The van der Waals surface area contributed by atoms with Crippen LogP contribution < -0.4 is 9.64 Å². The van der Waals surface area contributed by atoms with Crippen molar-refractivity contribution >= 4 is 5.95 Å². The van der Waals surface area contributed by atoms with Gasteiger partial charge in [-0.3, -0.25) is 4.98 Å².